The van der Waals surface area contributed by atoms with Gasteiger partial charge in [-0.2, -0.15) is 0 Å². The Balaban J connectivity index is 4.06. The lowest BCUT2D eigenvalue weighted by atomic mass is 10.1. The van der Waals surface area contributed by atoms with Crippen LogP contribution in [0.15, 0.2) is 0 Å². The first kappa shape index (κ1) is 19.2. The van der Waals surface area contributed by atoms with E-state index in [0.29, 0.717) is 0 Å². The van der Waals surface area contributed by atoms with Crippen molar-refractivity contribution in [3.05, 3.63) is 0 Å². The zero-order chi connectivity index (χ0) is 15.8. The van der Waals surface area contributed by atoms with Gasteiger partial charge < -0.3 is 16.2 Å². The number of aliphatic carboxylic acids is 1. The zero-order valence-electron chi connectivity index (χ0n) is 12.9. The molecular weight excluding hydrogens is 276 g/mol. The average molecular weight is 304 g/mol. The number of carboxylic acid groups (broad SMARTS) is 1. The van der Waals surface area contributed by atoms with E-state index in [4.69, 9.17) is 10.8 Å². The summed E-state index contributed by atoms with van der Waals surface area (Å²) in [5, 5.41) is 11.8. The smallest absolute Gasteiger partial charge is 0.321 e. The van der Waals surface area contributed by atoms with E-state index in [1.165, 1.54) is 18.2 Å². The molecule has 0 radical (unpaired) electrons. The van der Waals surface area contributed by atoms with Crippen LogP contribution in [-0.4, -0.2) is 39.6 Å². The number of hydrogen-bond donors (Lipinski definition) is 3. The molecule has 0 saturated carbocycles. The molecule has 0 fully saturated rings. The summed E-state index contributed by atoms with van der Waals surface area (Å²) >= 11 is 1.28. The van der Waals surface area contributed by atoms with Gasteiger partial charge in [-0.3, -0.25) is 9.59 Å². The minimum Gasteiger partial charge on any atom is -0.480 e. The van der Waals surface area contributed by atoms with E-state index in [9.17, 15) is 9.59 Å². The highest BCUT2D eigenvalue weighted by Crippen LogP contribution is 2.27. The van der Waals surface area contributed by atoms with Crippen LogP contribution in [0.4, 0.5) is 0 Å². The number of nitrogens with one attached hydrogen (secondary N) is 1. The van der Waals surface area contributed by atoms with Gasteiger partial charge in [0, 0.05) is 10.8 Å². The van der Waals surface area contributed by atoms with Crippen molar-refractivity contribution in [2.24, 2.45) is 5.73 Å². The van der Waals surface area contributed by atoms with Crippen LogP contribution in [0, 0.1) is 0 Å². The number of hydrogen-bond acceptors (Lipinski definition) is 4. The van der Waals surface area contributed by atoms with Crippen molar-refractivity contribution in [1.29, 1.82) is 0 Å². The second-order valence-electron chi connectivity index (χ2n) is 5.67. The molecule has 0 aliphatic heterocycles. The summed E-state index contributed by atoms with van der Waals surface area (Å²) in [5.74, 6) is -0.882. The molecule has 0 spiro atoms. The molecule has 1 amide bonds. The van der Waals surface area contributed by atoms with Gasteiger partial charge >= 0.3 is 5.97 Å². The van der Waals surface area contributed by atoms with Gasteiger partial charge in [0.1, 0.15) is 6.04 Å². The Morgan fingerprint density at radius 3 is 2.45 bits per heavy atom. The van der Waals surface area contributed by atoms with Gasteiger partial charge in [-0.1, -0.05) is 26.2 Å². The molecule has 6 heteroatoms. The summed E-state index contributed by atoms with van der Waals surface area (Å²) in [7, 11) is 0. The van der Waals surface area contributed by atoms with E-state index in [-0.39, 0.29) is 17.7 Å². The minimum atomic E-state index is -1.05. The van der Waals surface area contributed by atoms with Crippen molar-refractivity contribution in [2.45, 2.75) is 70.2 Å². The first-order valence-electron chi connectivity index (χ1n) is 7.12. The van der Waals surface area contributed by atoms with E-state index >= 15 is 0 Å². The number of carbonyl (C=O) groups is 2. The molecule has 0 rings (SSSR count). The van der Waals surface area contributed by atoms with Gasteiger partial charge in [0.2, 0.25) is 5.91 Å². The third kappa shape index (κ3) is 7.75. The zero-order valence-corrected chi connectivity index (χ0v) is 13.8. The maximum Gasteiger partial charge on any atom is 0.321 e. The molecule has 5 nitrogen and oxygen atoms in total. The highest BCUT2D eigenvalue weighted by atomic mass is 32.2. The molecule has 20 heavy (non-hydrogen) atoms. The molecule has 0 aliphatic carbocycles. The van der Waals surface area contributed by atoms with Gasteiger partial charge in [-0.15, -0.1) is 11.8 Å². The molecule has 4 N–H and O–H groups in total. The number of thioether (sulfide) groups is 1. The second-order valence-corrected chi connectivity index (χ2v) is 7.30. The van der Waals surface area contributed by atoms with Crippen LogP contribution in [0.3, 0.4) is 0 Å². The van der Waals surface area contributed by atoms with E-state index in [1.54, 1.807) is 13.8 Å². The fourth-order valence-corrected chi connectivity index (χ4v) is 2.59. The van der Waals surface area contributed by atoms with Crippen molar-refractivity contribution in [3.63, 3.8) is 0 Å². The monoisotopic (exact) mass is 304 g/mol. The Morgan fingerprint density at radius 2 is 1.95 bits per heavy atom. The quantitative estimate of drug-likeness (QED) is 0.537. The number of nitrogens with two attached hydrogens (primary N) is 1. The summed E-state index contributed by atoms with van der Waals surface area (Å²) in [6, 6.07) is -0.826. The summed E-state index contributed by atoms with van der Waals surface area (Å²) < 4.78 is -0.672. The lowest BCUT2D eigenvalue weighted by Crippen LogP contribution is -2.47. The minimum absolute atomic E-state index is 0.0651. The van der Waals surface area contributed by atoms with Crippen molar-refractivity contribution < 1.29 is 14.7 Å². The fraction of sp³-hybridized carbons (Fsp3) is 0.857. The third-order valence-corrected chi connectivity index (χ3v) is 4.64. The molecule has 0 aliphatic rings. The normalized spacial score (nSPS) is 14.7. The first-order valence-corrected chi connectivity index (χ1v) is 8.11. The first-order chi connectivity index (χ1) is 9.20. The maximum absolute atomic E-state index is 11.8. The molecule has 0 bridgehead atoms. The predicted octanol–water partition coefficient (Wildman–Crippen LogP) is 2.00. The molecule has 0 aromatic heterocycles. The lowest BCUT2D eigenvalue weighted by molar-refractivity contribution is -0.139. The van der Waals surface area contributed by atoms with Crippen LogP contribution < -0.4 is 11.1 Å². The predicted molar refractivity (Wildman–Crippen MR) is 83.9 cm³/mol. The molecule has 118 valence electrons. The number of carbonyl (C=O) groups excluding carboxylic acids is 1. The van der Waals surface area contributed by atoms with Crippen molar-refractivity contribution in [2.75, 3.05) is 5.75 Å². The van der Waals surface area contributed by atoms with E-state index in [0.717, 1.165) is 19.3 Å². The Morgan fingerprint density at radius 1 is 1.35 bits per heavy atom. The second kappa shape index (κ2) is 9.23. The Kier molecular flexibility index (Phi) is 8.89. The van der Waals surface area contributed by atoms with Crippen LogP contribution >= 0.6 is 11.8 Å². The van der Waals surface area contributed by atoms with E-state index in [1.807, 2.05) is 6.92 Å². The number of carboxylic acids is 1. The highest BCUT2D eigenvalue weighted by Gasteiger charge is 2.33. The van der Waals surface area contributed by atoms with Crippen molar-refractivity contribution >= 4 is 23.6 Å². The van der Waals surface area contributed by atoms with E-state index in [2.05, 4.69) is 12.2 Å². The average Bonchev–Trinajstić information content (AvgIpc) is 2.35. The van der Waals surface area contributed by atoms with Crippen LogP contribution in [0.1, 0.15) is 53.4 Å². The number of rotatable bonds is 10. The Labute approximate surface area is 126 Å². The molecule has 0 saturated heterocycles. The standard InChI is InChI=1S/C14H28N2O3S/c1-5-6-7-8-10(2)16-11(17)9-20-14(3,4)12(15)13(18)19/h10,12H,5-9,15H2,1-4H3,(H,16,17)(H,18,19)/t10?,12-/m0/s1. The molecule has 1 unspecified atom stereocenters. The van der Waals surface area contributed by atoms with Gasteiger partial charge in [-0.25, -0.2) is 0 Å². The van der Waals surface area contributed by atoms with Gasteiger partial charge in [0.25, 0.3) is 0 Å². The highest BCUT2D eigenvalue weighted by molar-refractivity contribution is 8.01. The van der Waals surface area contributed by atoms with Crippen LogP contribution in [-0.2, 0) is 9.59 Å². The summed E-state index contributed by atoms with van der Waals surface area (Å²) in [6.45, 7) is 7.63. The summed E-state index contributed by atoms with van der Waals surface area (Å²) in [5.41, 5.74) is 5.61. The largest absolute Gasteiger partial charge is 0.480 e. The summed E-state index contributed by atoms with van der Waals surface area (Å²) in [6.07, 6.45) is 4.43. The van der Waals surface area contributed by atoms with Crippen LogP contribution in [0.5, 0.6) is 0 Å². The van der Waals surface area contributed by atoms with Gasteiger partial charge in [-0.05, 0) is 27.2 Å². The molecule has 2 atom stereocenters. The topological polar surface area (TPSA) is 92.4 Å². The molecule has 0 aromatic rings. The van der Waals surface area contributed by atoms with Gasteiger partial charge in [0.15, 0.2) is 0 Å². The number of amides is 1. The lowest BCUT2D eigenvalue weighted by Gasteiger charge is -2.27. The van der Waals surface area contributed by atoms with Gasteiger partial charge in [0.05, 0.1) is 5.75 Å². The molecular formula is C14H28N2O3S. The molecule has 0 heterocycles. The third-order valence-electron chi connectivity index (χ3n) is 3.24. The fourth-order valence-electron chi connectivity index (χ4n) is 1.73. The van der Waals surface area contributed by atoms with E-state index < -0.39 is 16.8 Å². The summed E-state index contributed by atoms with van der Waals surface area (Å²) in [4.78, 5) is 22.7. The van der Waals surface area contributed by atoms with Crippen LogP contribution in [0.2, 0.25) is 0 Å². The number of unbranched alkanes of at least 4 members (excludes halogenated alkanes) is 2. The van der Waals surface area contributed by atoms with Crippen LogP contribution in [0.25, 0.3) is 0 Å². The maximum atomic E-state index is 11.8. The SMILES string of the molecule is CCCCCC(C)NC(=O)CSC(C)(C)[C@@H](N)C(=O)O. The van der Waals surface area contributed by atoms with Crippen molar-refractivity contribution in [1.82, 2.24) is 5.32 Å². The van der Waals surface area contributed by atoms with Crippen molar-refractivity contribution in [3.8, 4) is 0 Å². The Hall–Kier alpha value is -0.750. The molecule has 0 aromatic carbocycles. The Bertz CT molecular complexity index is 322.